The summed E-state index contributed by atoms with van der Waals surface area (Å²) in [6, 6.07) is 10.1. The summed E-state index contributed by atoms with van der Waals surface area (Å²) in [4.78, 5) is 27.5. The Kier molecular flexibility index (Phi) is 6.38. The second kappa shape index (κ2) is 9.22. The Balaban J connectivity index is 1.49. The third kappa shape index (κ3) is 4.73. The molecule has 9 heteroatoms. The fourth-order valence-corrected chi connectivity index (χ4v) is 4.62. The van der Waals surface area contributed by atoms with Crippen molar-refractivity contribution in [1.29, 1.82) is 0 Å². The highest BCUT2D eigenvalue weighted by Gasteiger charge is 2.18. The van der Waals surface area contributed by atoms with Gasteiger partial charge >= 0.3 is 0 Å². The van der Waals surface area contributed by atoms with Gasteiger partial charge in [0.25, 0.3) is 5.95 Å². The third-order valence-electron chi connectivity index (χ3n) is 5.07. The van der Waals surface area contributed by atoms with Gasteiger partial charge in [-0.2, -0.15) is 5.10 Å². The summed E-state index contributed by atoms with van der Waals surface area (Å²) in [5.74, 6) is 0.391. The lowest BCUT2D eigenvalue weighted by Gasteiger charge is -2.06. The van der Waals surface area contributed by atoms with Crippen LogP contribution in [0.25, 0.3) is 17.2 Å². The number of thioether (sulfide) groups is 1. The number of amides is 1. The van der Waals surface area contributed by atoms with Crippen molar-refractivity contribution in [1.82, 2.24) is 24.7 Å². The van der Waals surface area contributed by atoms with E-state index in [-0.39, 0.29) is 12.3 Å². The van der Waals surface area contributed by atoms with Crippen LogP contribution in [-0.4, -0.2) is 36.9 Å². The Hall–Kier alpha value is -3.04. The summed E-state index contributed by atoms with van der Waals surface area (Å²) in [5, 5.41) is 10.0. The van der Waals surface area contributed by atoms with E-state index >= 15 is 0 Å². The van der Waals surface area contributed by atoms with Crippen molar-refractivity contribution in [3.05, 3.63) is 64.1 Å². The summed E-state index contributed by atoms with van der Waals surface area (Å²) >= 11 is 3.12. The number of nitrogens with one attached hydrogen (secondary N) is 1. The zero-order valence-corrected chi connectivity index (χ0v) is 20.3. The molecule has 0 aliphatic heterocycles. The molecule has 0 radical (unpaired) electrons. The molecule has 4 rings (SSSR count). The number of carbonyl (C=O) groups is 1. The minimum Gasteiger partial charge on any atom is -0.302 e. The highest BCUT2D eigenvalue weighted by atomic mass is 32.2. The molecule has 0 fully saturated rings. The number of nitrogens with zero attached hydrogens (tertiary/aromatic N) is 5. The molecule has 1 aromatic carbocycles. The Labute approximate surface area is 195 Å². The number of benzene rings is 1. The Morgan fingerprint density at radius 3 is 2.41 bits per heavy atom. The normalized spacial score (nSPS) is 11.0. The first-order valence-corrected chi connectivity index (χ1v) is 12.2. The average molecular weight is 465 g/mol. The van der Waals surface area contributed by atoms with Gasteiger partial charge < -0.3 is 5.32 Å². The fraction of sp³-hybridized carbons (Fsp3) is 0.261. The van der Waals surface area contributed by atoms with E-state index in [0.29, 0.717) is 11.1 Å². The molecular weight excluding hydrogens is 440 g/mol. The van der Waals surface area contributed by atoms with Crippen LogP contribution < -0.4 is 5.32 Å². The number of rotatable bonds is 6. The van der Waals surface area contributed by atoms with Crippen LogP contribution in [-0.2, 0) is 11.2 Å². The van der Waals surface area contributed by atoms with E-state index in [0.717, 1.165) is 39.6 Å². The molecule has 0 bridgehead atoms. The molecular formula is C23H24N6OS2. The van der Waals surface area contributed by atoms with Gasteiger partial charge in [0.15, 0.2) is 5.13 Å². The number of aryl methyl sites for hydroxylation is 3. The number of hydrogen-bond acceptors (Lipinski definition) is 7. The van der Waals surface area contributed by atoms with Crippen molar-refractivity contribution in [2.75, 3.05) is 11.6 Å². The molecule has 0 unspecified atom stereocenters. The van der Waals surface area contributed by atoms with Crippen LogP contribution in [0.15, 0.2) is 40.6 Å². The number of carbonyl (C=O) groups excluding carboxylic acids is 1. The minimum absolute atomic E-state index is 0.129. The Morgan fingerprint density at radius 1 is 1.06 bits per heavy atom. The zero-order valence-electron chi connectivity index (χ0n) is 18.6. The first-order valence-electron chi connectivity index (χ1n) is 10.1. The Bertz CT molecular complexity index is 1260. The monoisotopic (exact) mass is 464 g/mol. The number of hydrogen-bond donors (Lipinski definition) is 1. The van der Waals surface area contributed by atoms with Gasteiger partial charge in [-0.3, -0.25) is 4.79 Å². The second-order valence-electron chi connectivity index (χ2n) is 7.50. The van der Waals surface area contributed by atoms with Gasteiger partial charge in [-0.1, -0.05) is 12.1 Å². The topological polar surface area (TPSA) is 85.6 Å². The number of thiazole rings is 1. The fourth-order valence-electron chi connectivity index (χ4n) is 3.48. The van der Waals surface area contributed by atoms with Gasteiger partial charge in [-0.15, -0.1) is 23.1 Å². The highest BCUT2D eigenvalue weighted by Crippen LogP contribution is 2.27. The smallest absolute Gasteiger partial charge is 0.251 e. The van der Waals surface area contributed by atoms with Gasteiger partial charge in [0.2, 0.25) is 5.91 Å². The van der Waals surface area contributed by atoms with Crippen LogP contribution in [0.3, 0.4) is 0 Å². The molecule has 32 heavy (non-hydrogen) atoms. The molecule has 1 amide bonds. The number of aromatic nitrogens is 5. The second-order valence-corrected chi connectivity index (χ2v) is 9.24. The van der Waals surface area contributed by atoms with Crippen molar-refractivity contribution < 1.29 is 4.79 Å². The van der Waals surface area contributed by atoms with E-state index in [1.54, 1.807) is 16.4 Å². The quantitative estimate of drug-likeness (QED) is 0.408. The lowest BCUT2D eigenvalue weighted by molar-refractivity contribution is -0.115. The maximum atomic E-state index is 12.8. The summed E-state index contributed by atoms with van der Waals surface area (Å²) in [7, 11) is 0. The largest absolute Gasteiger partial charge is 0.302 e. The van der Waals surface area contributed by atoms with Crippen molar-refractivity contribution in [2.24, 2.45) is 0 Å². The van der Waals surface area contributed by atoms with Crippen molar-refractivity contribution in [2.45, 2.75) is 39.0 Å². The summed E-state index contributed by atoms with van der Waals surface area (Å²) in [5.41, 5.74) is 6.15. The van der Waals surface area contributed by atoms with E-state index in [9.17, 15) is 4.79 Å². The zero-order chi connectivity index (χ0) is 22.8. The Morgan fingerprint density at radius 2 is 1.75 bits per heavy atom. The molecule has 3 heterocycles. The van der Waals surface area contributed by atoms with E-state index < -0.39 is 0 Å². The molecule has 0 aliphatic carbocycles. The third-order valence-corrected chi connectivity index (χ3v) is 6.58. The van der Waals surface area contributed by atoms with Gasteiger partial charge in [0.05, 0.1) is 17.8 Å². The van der Waals surface area contributed by atoms with Crippen molar-refractivity contribution in [3.8, 4) is 17.2 Å². The molecule has 1 N–H and O–H groups in total. The SMILES string of the molecule is CSc1ccc(-c2csc(NC(=O)Cc3c(C)nn(-c4nc(C)cc(C)n4)c3C)n2)cc1. The van der Waals surface area contributed by atoms with Crippen LogP contribution in [0.2, 0.25) is 0 Å². The first kappa shape index (κ1) is 22.2. The van der Waals surface area contributed by atoms with Crippen LogP contribution in [0.1, 0.15) is 28.3 Å². The van der Waals surface area contributed by atoms with Crippen molar-refractivity contribution >= 4 is 34.1 Å². The minimum atomic E-state index is -0.129. The molecule has 4 aromatic rings. The predicted octanol–water partition coefficient (Wildman–Crippen LogP) is 4.92. The maximum Gasteiger partial charge on any atom is 0.251 e. The van der Waals surface area contributed by atoms with Crippen LogP contribution >= 0.6 is 23.1 Å². The van der Waals surface area contributed by atoms with Gasteiger partial charge in [-0.05, 0) is 52.1 Å². The number of anilines is 1. The van der Waals surface area contributed by atoms with E-state index in [4.69, 9.17) is 0 Å². The van der Waals surface area contributed by atoms with E-state index in [2.05, 4.69) is 37.5 Å². The van der Waals surface area contributed by atoms with Crippen LogP contribution in [0.5, 0.6) is 0 Å². The van der Waals surface area contributed by atoms with Crippen molar-refractivity contribution in [3.63, 3.8) is 0 Å². The van der Waals surface area contributed by atoms with Crippen LogP contribution in [0, 0.1) is 27.7 Å². The average Bonchev–Trinajstić information content (AvgIpc) is 3.33. The molecule has 0 saturated heterocycles. The molecule has 3 aromatic heterocycles. The maximum absolute atomic E-state index is 12.8. The molecule has 0 spiro atoms. The van der Waals surface area contributed by atoms with Crippen LogP contribution in [0.4, 0.5) is 5.13 Å². The standard InChI is InChI=1S/C23H24N6OS2/c1-13-10-14(2)25-22(24-13)29-16(4)19(15(3)28-29)11-21(30)27-23-26-20(12-32-23)17-6-8-18(31-5)9-7-17/h6-10,12H,11H2,1-5H3,(H,26,27,30). The van der Waals surface area contributed by atoms with Gasteiger partial charge in [0.1, 0.15) is 0 Å². The molecule has 0 aliphatic rings. The van der Waals surface area contributed by atoms with E-state index in [1.807, 2.05) is 57.5 Å². The summed E-state index contributed by atoms with van der Waals surface area (Å²) < 4.78 is 1.71. The first-order chi connectivity index (χ1) is 15.3. The molecule has 7 nitrogen and oxygen atoms in total. The van der Waals surface area contributed by atoms with Gasteiger partial charge in [-0.25, -0.2) is 19.6 Å². The summed E-state index contributed by atoms with van der Waals surface area (Å²) in [6.45, 7) is 7.69. The summed E-state index contributed by atoms with van der Waals surface area (Å²) in [6.07, 6.45) is 2.26. The predicted molar refractivity (Wildman–Crippen MR) is 130 cm³/mol. The van der Waals surface area contributed by atoms with E-state index in [1.165, 1.54) is 16.2 Å². The van der Waals surface area contributed by atoms with Gasteiger partial charge in [0, 0.05) is 38.5 Å². The lowest BCUT2D eigenvalue weighted by Crippen LogP contribution is -2.15. The lowest BCUT2D eigenvalue weighted by atomic mass is 10.1. The molecule has 0 atom stereocenters. The molecule has 164 valence electrons. The molecule has 0 saturated carbocycles. The highest BCUT2D eigenvalue weighted by molar-refractivity contribution is 7.98.